The molecule has 1 aromatic carbocycles. The molecule has 0 fully saturated rings. The van der Waals surface area contributed by atoms with Crippen molar-refractivity contribution in [3.8, 4) is 11.5 Å². The average molecular weight is 263 g/mol. The van der Waals surface area contributed by atoms with Crippen LogP contribution in [0.4, 0.5) is 0 Å². The smallest absolute Gasteiger partial charge is 0.230 e. The van der Waals surface area contributed by atoms with Crippen molar-refractivity contribution in [2.24, 2.45) is 0 Å². The summed E-state index contributed by atoms with van der Waals surface area (Å²) in [6.45, 7) is 2.78. The lowest BCUT2D eigenvalue weighted by molar-refractivity contribution is -0.131. The van der Waals surface area contributed by atoms with E-state index in [2.05, 4.69) is 0 Å². The fourth-order valence-corrected chi connectivity index (χ4v) is 2.76. The molecule has 1 aliphatic heterocycles. The van der Waals surface area contributed by atoms with Crippen LogP contribution in [-0.2, 0) is 11.2 Å². The molecule has 2 rings (SSSR count). The third kappa shape index (κ3) is 2.27. The number of ether oxygens (including phenoxy) is 2. The summed E-state index contributed by atoms with van der Waals surface area (Å²) in [5.74, 6) is 1.41. The lowest BCUT2D eigenvalue weighted by atomic mass is 9.90. The van der Waals surface area contributed by atoms with E-state index in [1.165, 1.54) is 5.56 Å². The predicted octanol–water partition coefficient (Wildman–Crippen LogP) is 2.21. The molecule has 0 N–H and O–H groups in total. The molecule has 0 aromatic heterocycles. The van der Waals surface area contributed by atoms with E-state index in [4.69, 9.17) is 9.47 Å². The van der Waals surface area contributed by atoms with Crippen LogP contribution in [0.25, 0.3) is 0 Å². The van der Waals surface area contributed by atoms with Crippen LogP contribution in [0.15, 0.2) is 12.1 Å². The van der Waals surface area contributed by atoms with Crippen molar-refractivity contribution in [3.05, 3.63) is 23.3 Å². The summed E-state index contributed by atoms with van der Waals surface area (Å²) in [5.41, 5.74) is 2.18. The van der Waals surface area contributed by atoms with Crippen molar-refractivity contribution in [2.75, 3.05) is 27.8 Å². The fraction of sp³-hybridized carbons (Fsp3) is 0.533. The zero-order valence-electron chi connectivity index (χ0n) is 12.0. The Morgan fingerprint density at radius 2 is 2.05 bits per heavy atom. The molecular weight excluding hydrogens is 242 g/mol. The number of benzene rings is 1. The normalized spacial score (nSPS) is 18.8. The molecule has 104 valence electrons. The van der Waals surface area contributed by atoms with Gasteiger partial charge in [0.1, 0.15) is 0 Å². The van der Waals surface area contributed by atoms with Gasteiger partial charge in [-0.25, -0.2) is 0 Å². The molecule has 1 unspecified atom stereocenters. The molecule has 1 aromatic rings. The average Bonchev–Trinajstić information content (AvgIpc) is 2.56. The maximum Gasteiger partial charge on any atom is 0.230 e. The lowest BCUT2D eigenvalue weighted by Gasteiger charge is -2.22. The van der Waals surface area contributed by atoms with Crippen LogP contribution < -0.4 is 9.47 Å². The van der Waals surface area contributed by atoms with E-state index >= 15 is 0 Å². The highest BCUT2D eigenvalue weighted by molar-refractivity contribution is 5.86. The van der Waals surface area contributed by atoms with Crippen molar-refractivity contribution in [2.45, 2.75) is 25.7 Å². The van der Waals surface area contributed by atoms with Crippen molar-refractivity contribution in [3.63, 3.8) is 0 Å². The first-order valence-corrected chi connectivity index (χ1v) is 6.62. The van der Waals surface area contributed by atoms with E-state index in [1.807, 2.05) is 26.1 Å². The van der Waals surface area contributed by atoms with Crippen molar-refractivity contribution in [1.82, 2.24) is 4.90 Å². The minimum atomic E-state index is -0.146. The van der Waals surface area contributed by atoms with Crippen molar-refractivity contribution in [1.29, 1.82) is 0 Å². The summed E-state index contributed by atoms with van der Waals surface area (Å²) in [5, 5.41) is 0. The molecule has 1 aliphatic rings. The molecule has 19 heavy (non-hydrogen) atoms. The number of carbonyl (C=O) groups excluding carboxylic acids is 1. The third-order valence-corrected chi connectivity index (χ3v) is 3.82. The lowest BCUT2D eigenvalue weighted by Crippen LogP contribution is -2.30. The molecule has 0 aliphatic carbocycles. The van der Waals surface area contributed by atoms with E-state index in [0.29, 0.717) is 11.5 Å². The topological polar surface area (TPSA) is 38.8 Å². The van der Waals surface area contributed by atoms with Gasteiger partial charge < -0.3 is 14.4 Å². The second-order valence-electron chi connectivity index (χ2n) is 4.84. The number of likely N-dealkylation sites (N-methyl/N-ethyl adjacent to an activating group) is 1. The van der Waals surface area contributed by atoms with Crippen LogP contribution in [0.1, 0.15) is 30.4 Å². The van der Waals surface area contributed by atoms with Crippen molar-refractivity contribution < 1.29 is 14.3 Å². The van der Waals surface area contributed by atoms with Gasteiger partial charge in [-0.1, -0.05) is 13.0 Å². The van der Waals surface area contributed by atoms with E-state index in [0.717, 1.165) is 24.9 Å². The minimum absolute atomic E-state index is 0.146. The van der Waals surface area contributed by atoms with Crippen molar-refractivity contribution >= 4 is 5.91 Å². The van der Waals surface area contributed by atoms with E-state index in [9.17, 15) is 4.79 Å². The Labute approximate surface area is 114 Å². The number of hydrogen-bond donors (Lipinski definition) is 0. The fourth-order valence-electron chi connectivity index (χ4n) is 2.76. The molecule has 1 heterocycles. The van der Waals surface area contributed by atoms with Crippen LogP contribution in [0.2, 0.25) is 0 Å². The zero-order valence-corrected chi connectivity index (χ0v) is 12.0. The molecule has 4 nitrogen and oxygen atoms in total. The summed E-state index contributed by atoms with van der Waals surface area (Å²) in [6.07, 6.45) is 1.62. The maximum absolute atomic E-state index is 12.4. The highest BCUT2D eigenvalue weighted by Gasteiger charge is 2.31. The van der Waals surface area contributed by atoms with Gasteiger partial charge in [-0.3, -0.25) is 4.79 Å². The number of fused-ring (bicyclic) bond motifs is 1. The highest BCUT2D eigenvalue weighted by atomic mass is 16.5. The van der Waals surface area contributed by atoms with Gasteiger partial charge >= 0.3 is 0 Å². The molecule has 0 saturated heterocycles. The van der Waals surface area contributed by atoms with Gasteiger partial charge in [0.05, 0.1) is 20.1 Å². The van der Waals surface area contributed by atoms with Crippen LogP contribution in [-0.4, -0.2) is 38.6 Å². The van der Waals surface area contributed by atoms with Gasteiger partial charge in [-0.15, -0.1) is 0 Å². The van der Waals surface area contributed by atoms with E-state index < -0.39 is 0 Å². The summed E-state index contributed by atoms with van der Waals surface area (Å²) in [6, 6.07) is 3.96. The molecule has 0 bridgehead atoms. The minimum Gasteiger partial charge on any atom is -0.493 e. The SMILES string of the molecule is CCC1C(=O)N(C)CCc2ccc(OC)c(OC)c21. The monoisotopic (exact) mass is 263 g/mol. The van der Waals surface area contributed by atoms with E-state index in [-0.39, 0.29) is 11.8 Å². The maximum atomic E-state index is 12.4. The van der Waals surface area contributed by atoms with Crippen LogP contribution in [0.3, 0.4) is 0 Å². The van der Waals surface area contributed by atoms with Gasteiger partial charge in [-0.2, -0.15) is 0 Å². The molecule has 0 spiro atoms. The third-order valence-electron chi connectivity index (χ3n) is 3.82. The molecule has 4 heteroatoms. The molecule has 0 radical (unpaired) electrons. The Morgan fingerprint density at radius 1 is 1.32 bits per heavy atom. The second-order valence-corrected chi connectivity index (χ2v) is 4.84. The first kappa shape index (κ1) is 13.7. The zero-order chi connectivity index (χ0) is 14.0. The van der Waals surface area contributed by atoms with Crippen LogP contribution >= 0.6 is 0 Å². The number of rotatable bonds is 3. The van der Waals surface area contributed by atoms with Crippen LogP contribution in [0.5, 0.6) is 11.5 Å². The largest absolute Gasteiger partial charge is 0.493 e. The Bertz CT molecular complexity index is 485. The Hall–Kier alpha value is -1.71. The van der Waals surface area contributed by atoms with E-state index in [1.54, 1.807) is 19.1 Å². The molecule has 1 amide bonds. The Balaban J connectivity index is 2.63. The standard InChI is InChI=1S/C15H21NO3/c1-5-11-13-10(8-9-16(2)15(11)17)6-7-12(18-3)14(13)19-4/h6-7,11H,5,8-9H2,1-4H3. The highest BCUT2D eigenvalue weighted by Crippen LogP contribution is 2.41. The summed E-state index contributed by atoms with van der Waals surface area (Å²) in [4.78, 5) is 14.2. The molecule has 1 atom stereocenters. The van der Waals surface area contributed by atoms with Gasteiger partial charge in [0, 0.05) is 19.2 Å². The quantitative estimate of drug-likeness (QED) is 0.839. The van der Waals surface area contributed by atoms with Gasteiger partial charge in [0.25, 0.3) is 0 Å². The number of methoxy groups -OCH3 is 2. The first-order valence-electron chi connectivity index (χ1n) is 6.62. The van der Waals surface area contributed by atoms with Gasteiger partial charge in [0.15, 0.2) is 11.5 Å². The number of hydrogen-bond acceptors (Lipinski definition) is 3. The number of carbonyl (C=O) groups is 1. The summed E-state index contributed by atoms with van der Waals surface area (Å²) < 4.78 is 10.9. The molecular formula is C15H21NO3. The summed E-state index contributed by atoms with van der Waals surface area (Å²) in [7, 11) is 5.11. The predicted molar refractivity (Wildman–Crippen MR) is 73.9 cm³/mol. The van der Waals surface area contributed by atoms with Gasteiger partial charge in [-0.05, 0) is 24.5 Å². The molecule has 0 saturated carbocycles. The second kappa shape index (κ2) is 5.51. The number of nitrogens with zero attached hydrogens (tertiary/aromatic N) is 1. The first-order chi connectivity index (χ1) is 9.13. The Morgan fingerprint density at radius 3 is 2.63 bits per heavy atom. The van der Waals surface area contributed by atoms with Gasteiger partial charge in [0.2, 0.25) is 5.91 Å². The van der Waals surface area contributed by atoms with Crippen LogP contribution in [0, 0.1) is 0 Å². The summed E-state index contributed by atoms with van der Waals surface area (Å²) >= 11 is 0. The number of amides is 1. The Kier molecular flexibility index (Phi) is 3.98.